The lowest BCUT2D eigenvalue weighted by molar-refractivity contribution is -0.196. The van der Waals surface area contributed by atoms with Crippen LogP contribution in [0.5, 0.6) is 0 Å². The molecule has 33 heavy (non-hydrogen) atoms. The molecule has 1 aliphatic carbocycles. The third kappa shape index (κ3) is 5.36. The fraction of sp³-hybridized carbons (Fsp3) is 0.500. The van der Waals surface area contributed by atoms with E-state index >= 15 is 0 Å². The minimum atomic E-state index is -4.89. The second kappa shape index (κ2) is 8.92. The molecule has 0 aromatic heterocycles. The van der Waals surface area contributed by atoms with Gasteiger partial charge < -0.3 is 14.2 Å². The summed E-state index contributed by atoms with van der Waals surface area (Å²) in [4.78, 5) is 0. The smallest absolute Gasteiger partial charge is 0.376 e. The number of rotatable bonds is 5. The van der Waals surface area contributed by atoms with Gasteiger partial charge in [-0.25, -0.2) is 0 Å². The van der Waals surface area contributed by atoms with E-state index < -0.39 is 34.7 Å². The van der Waals surface area contributed by atoms with Gasteiger partial charge in [0.25, 0.3) is 0 Å². The van der Waals surface area contributed by atoms with Gasteiger partial charge in [0.2, 0.25) is 0 Å². The molecule has 1 atom stereocenters. The third-order valence-corrected chi connectivity index (χ3v) is 6.31. The highest BCUT2D eigenvalue weighted by molar-refractivity contribution is 5.33. The molecule has 1 aliphatic heterocycles. The summed E-state index contributed by atoms with van der Waals surface area (Å²) in [6.07, 6.45) is -7.03. The molecule has 180 valence electrons. The van der Waals surface area contributed by atoms with E-state index in [1.165, 1.54) is 0 Å². The first kappa shape index (κ1) is 24.0. The number of hydrogen-bond donors (Lipinski definition) is 0. The molecule has 1 saturated heterocycles. The molecule has 0 N–H and O–H groups in total. The molecule has 1 saturated carbocycles. The molecule has 2 aliphatic rings. The normalized spacial score (nSPS) is 23.2. The molecule has 1 unspecified atom stereocenters. The number of benzene rings is 2. The Labute approximate surface area is 187 Å². The van der Waals surface area contributed by atoms with Crippen LogP contribution in [0.25, 0.3) is 0 Å². The van der Waals surface area contributed by atoms with Crippen molar-refractivity contribution in [1.82, 2.24) is 0 Å². The SMILES string of the molecule is FC(F)(F)c1cc(COCC2(c3ccccc3)CCCC3(C2)OCCO3)cc(C(F)(F)F)c1. The van der Waals surface area contributed by atoms with Gasteiger partial charge >= 0.3 is 12.4 Å². The average molecular weight is 474 g/mol. The van der Waals surface area contributed by atoms with E-state index in [-0.39, 0.29) is 24.8 Å². The first-order valence-electron chi connectivity index (χ1n) is 10.7. The van der Waals surface area contributed by atoms with E-state index in [2.05, 4.69) is 0 Å². The summed E-state index contributed by atoms with van der Waals surface area (Å²) in [5.74, 6) is -0.739. The van der Waals surface area contributed by atoms with Gasteiger partial charge in [-0.05, 0) is 42.2 Å². The summed E-state index contributed by atoms with van der Waals surface area (Å²) < 4.78 is 96.6. The van der Waals surface area contributed by atoms with Crippen molar-refractivity contribution in [2.24, 2.45) is 0 Å². The van der Waals surface area contributed by atoms with Gasteiger partial charge in [-0.2, -0.15) is 26.3 Å². The summed E-state index contributed by atoms with van der Waals surface area (Å²) in [7, 11) is 0. The Hall–Kier alpha value is -2.10. The lowest BCUT2D eigenvalue weighted by Gasteiger charge is -2.45. The van der Waals surface area contributed by atoms with Crippen LogP contribution in [0.15, 0.2) is 48.5 Å². The van der Waals surface area contributed by atoms with Crippen LogP contribution in [0.1, 0.15) is 47.9 Å². The Morgan fingerprint density at radius 2 is 1.42 bits per heavy atom. The van der Waals surface area contributed by atoms with Gasteiger partial charge in [0.15, 0.2) is 5.79 Å². The van der Waals surface area contributed by atoms with E-state index in [1.54, 1.807) is 0 Å². The van der Waals surface area contributed by atoms with Crippen molar-refractivity contribution >= 4 is 0 Å². The minimum absolute atomic E-state index is 0.114. The number of hydrogen-bond acceptors (Lipinski definition) is 3. The molecule has 9 heteroatoms. The summed E-state index contributed by atoms with van der Waals surface area (Å²) in [6, 6.07) is 11.1. The van der Waals surface area contributed by atoms with Crippen molar-refractivity contribution in [1.29, 1.82) is 0 Å². The van der Waals surface area contributed by atoms with E-state index in [9.17, 15) is 26.3 Å². The Morgan fingerprint density at radius 1 is 0.818 bits per heavy atom. The highest BCUT2D eigenvalue weighted by Crippen LogP contribution is 2.48. The Balaban J connectivity index is 1.57. The Bertz CT molecular complexity index is 919. The predicted molar refractivity (Wildman–Crippen MR) is 107 cm³/mol. The highest BCUT2D eigenvalue weighted by Gasteiger charge is 2.49. The number of halogens is 6. The number of ether oxygens (including phenoxy) is 3. The van der Waals surface area contributed by atoms with Crippen LogP contribution in [0.2, 0.25) is 0 Å². The monoisotopic (exact) mass is 474 g/mol. The average Bonchev–Trinajstić information content (AvgIpc) is 3.20. The minimum Gasteiger partial charge on any atom is -0.376 e. The highest BCUT2D eigenvalue weighted by atomic mass is 19.4. The maximum atomic E-state index is 13.2. The molecule has 2 aromatic rings. The standard InChI is InChI=1S/C24H24F6O3/c25-23(26,27)19-11-17(12-20(13-19)24(28,29)30)14-31-16-21(18-5-2-1-3-6-18)7-4-8-22(15-21)32-9-10-33-22/h1-3,5-6,11-13H,4,7-10,14-16H2. The van der Waals surface area contributed by atoms with E-state index in [0.29, 0.717) is 31.8 Å². The first-order chi connectivity index (χ1) is 15.5. The zero-order valence-corrected chi connectivity index (χ0v) is 17.8. The zero-order chi connectivity index (χ0) is 23.7. The van der Waals surface area contributed by atoms with Gasteiger partial charge in [0.05, 0.1) is 37.6 Å². The van der Waals surface area contributed by atoms with Crippen molar-refractivity contribution < 1.29 is 40.6 Å². The third-order valence-electron chi connectivity index (χ3n) is 6.31. The summed E-state index contributed by atoms with van der Waals surface area (Å²) in [6.45, 7) is 0.700. The lowest BCUT2D eigenvalue weighted by Crippen LogP contribution is -2.47. The molecule has 1 spiro atoms. The van der Waals surface area contributed by atoms with Gasteiger partial charge in [-0.3, -0.25) is 0 Å². The van der Waals surface area contributed by atoms with Crippen molar-refractivity contribution in [2.75, 3.05) is 19.8 Å². The fourth-order valence-electron chi connectivity index (χ4n) is 4.84. The Morgan fingerprint density at radius 3 is 2.00 bits per heavy atom. The van der Waals surface area contributed by atoms with Crippen LogP contribution in [-0.4, -0.2) is 25.6 Å². The van der Waals surface area contributed by atoms with Crippen LogP contribution in [0.4, 0.5) is 26.3 Å². The topological polar surface area (TPSA) is 27.7 Å². The van der Waals surface area contributed by atoms with Crippen LogP contribution in [0, 0.1) is 0 Å². The van der Waals surface area contributed by atoms with Crippen molar-refractivity contribution in [3.63, 3.8) is 0 Å². The van der Waals surface area contributed by atoms with E-state index in [4.69, 9.17) is 14.2 Å². The predicted octanol–water partition coefficient (Wildman–Crippen LogP) is 6.50. The zero-order valence-electron chi connectivity index (χ0n) is 17.8. The van der Waals surface area contributed by atoms with Crippen molar-refractivity contribution in [2.45, 2.75) is 55.8 Å². The van der Waals surface area contributed by atoms with Crippen molar-refractivity contribution in [3.05, 3.63) is 70.8 Å². The van der Waals surface area contributed by atoms with Crippen LogP contribution >= 0.6 is 0 Å². The summed E-state index contributed by atoms with van der Waals surface area (Å²) in [5.41, 5.74) is -2.43. The molecule has 4 rings (SSSR count). The maximum Gasteiger partial charge on any atom is 0.416 e. The summed E-state index contributed by atoms with van der Waals surface area (Å²) >= 11 is 0. The molecule has 2 fully saturated rings. The van der Waals surface area contributed by atoms with Gasteiger partial charge in [0.1, 0.15) is 0 Å². The molecule has 0 amide bonds. The van der Waals surface area contributed by atoms with Crippen LogP contribution < -0.4 is 0 Å². The molecule has 3 nitrogen and oxygen atoms in total. The van der Waals surface area contributed by atoms with Gasteiger partial charge in [0, 0.05) is 18.3 Å². The quantitative estimate of drug-likeness (QED) is 0.464. The molecule has 0 bridgehead atoms. The van der Waals surface area contributed by atoms with E-state index in [1.807, 2.05) is 30.3 Å². The van der Waals surface area contributed by atoms with Crippen LogP contribution in [0.3, 0.4) is 0 Å². The van der Waals surface area contributed by atoms with Crippen molar-refractivity contribution in [3.8, 4) is 0 Å². The first-order valence-corrected chi connectivity index (χ1v) is 10.7. The molecule has 0 radical (unpaired) electrons. The van der Waals surface area contributed by atoms with E-state index in [0.717, 1.165) is 24.8 Å². The lowest BCUT2D eigenvalue weighted by atomic mass is 9.67. The second-order valence-electron chi connectivity index (χ2n) is 8.69. The van der Waals surface area contributed by atoms with Gasteiger partial charge in [-0.15, -0.1) is 0 Å². The van der Waals surface area contributed by atoms with Crippen LogP contribution in [-0.2, 0) is 38.6 Å². The molecule has 2 aromatic carbocycles. The largest absolute Gasteiger partial charge is 0.416 e. The summed E-state index contributed by atoms with van der Waals surface area (Å²) in [5, 5.41) is 0. The number of alkyl halides is 6. The second-order valence-corrected chi connectivity index (χ2v) is 8.69. The Kier molecular flexibility index (Phi) is 6.50. The van der Waals surface area contributed by atoms with Gasteiger partial charge in [-0.1, -0.05) is 30.3 Å². The molecule has 1 heterocycles. The maximum absolute atomic E-state index is 13.2. The molecular formula is C24H24F6O3. The fourth-order valence-corrected chi connectivity index (χ4v) is 4.84. The molecular weight excluding hydrogens is 450 g/mol.